The molecule has 0 unspecified atom stereocenters. The highest BCUT2D eigenvalue weighted by Crippen LogP contribution is 2.69. The predicted molar refractivity (Wildman–Crippen MR) is 187 cm³/mol. The van der Waals surface area contributed by atoms with Crippen LogP contribution < -0.4 is 0 Å². The zero-order valence-corrected chi connectivity index (χ0v) is 26.1. The Labute approximate surface area is 273 Å². The van der Waals surface area contributed by atoms with E-state index in [0.29, 0.717) is 23.5 Å². The van der Waals surface area contributed by atoms with E-state index in [1.54, 1.807) is 5.56 Å². The average Bonchev–Trinajstić information content (AvgIpc) is 3.64. The van der Waals surface area contributed by atoms with Gasteiger partial charge in [0.1, 0.15) is 11.2 Å². The molecule has 2 heterocycles. The molecule has 4 heteroatoms. The quantitative estimate of drug-likeness (QED) is 0.201. The highest BCUT2D eigenvalue weighted by molar-refractivity contribution is 6.05. The maximum atomic E-state index is 6.28. The first kappa shape index (κ1) is 26.0. The number of rotatable bonds is 3. The minimum Gasteiger partial charge on any atom is -0.456 e. The molecule has 5 aliphatic rings. The fraction of sp³-hybridized carbons (Fsp3) is 0.233. The molecular weight excluding hydrogens is 574 g/mol. The van der Waals surface area contributed by atoms with E-state index in [2.05, 4.69) is 84.9 Å². The van der Waals surface area contributed by atoms with E-state index >= 15 is 0 Å². The molecule has 0 radical (unpaired) electrons. The fourth-order valence-corrected chi connectivity index (χ4v) is 10.6. The maximum Gasteiger partial charge on any atom is 0.164 e. The van der Waals surface area contributed by atoms with Gasteiger partial charge >= 0.3 is 0 Å². The van der Waals surface area contributed by atoms with Gasteiger partial charge in [-0.2, -0.15) is 0 Å². The largest absolute Gasteiger partial charge is 0.456 e. The van der Waals surface area contributed by atoms with Crippen molar-refractivity contribution in [3.8, 4) is 45.3 Å². The summed E-state index contributed by atoms with van der Waals surface area (Å²) < 4.78 is 6.28. The van der Waals surface area contributed by atoms with E-state index in [-0.39, 0.29) is 5.41 Å². The Morgan fingerprint density at radius 3 is 1.96 bits per heavy atom. The van der Waals surface area contributed by atoms with Crippen molar-refractivity contribution in [3.63, 3.8) is 0 Å². The normalized spacial score (nSPS) is 25.1. The summed E-state index contributed by atoms with van der Waals surface area (Å²) in [5.74, 6) is 5.30. The van der Waals surface area contributed by atoms with Crippen LogP contribution >= 0.6 is 0 Å². The summed E-state index contributed by atoms with van der Waals surface area (Å²) in [5.41, 5.74) is 10.6. The van der Waals surface area contributed by atoms with Gasteiger partial charge in [0.25, 0.3) is 0 Å². The Morgan fingerprint density at radius 2 is 1.13 bits per heavy atom. The molecule has 4 saturated carbocycles. The van der Waals surface area contributed by atoms with Gasteiger partial charge in [-0.1, -0.05) is 97.1 Å². The van der Waals surface area contributed by atoms with Crippen LogP contribution in [0.3, 0.4) is 0 Å². The third-order valence-electron chi connectivity index (χ3n) is 12.1. The standard InChI is InChI=1S/C43H33N3O/c1-2-9-27(10-3-1)40-44-41(28-17-18-32-31-11-5-7-16-37(31)47-38(32)24-28)46-42(45-40)34-13-8-15-36-39(34)33-12-4-6-14-35(33)43(36)29-20-25-19-26(22-29)23-30(43)21-25/h1-18,24-26,29-30H,19-23H2. The molecule has 2 aromatic heterocycles. The predicted octanol–water partition coefficient (Wildman–Crippen LogP) is 10.5. The van der Waals surface area contributed by atoms with E-state index in [1.807, 2.05) is 30.3 Å². The summed E-state index contributed by atoms with van der Waals surface area (Å²) in [7, 11) is 0. The number of hydrogen-bond acceptors (Lipinski definition) is 4. The van der Waals surface area contributed by atoms with Crippen LogP contribution in [0.2, 0.25) is 0 Å². The van der Waals surface area contributed by atoms with Crippen LogP contribution in [0.4, 0.5) is 0 Å². The van der Waals surface area contributed by atoms with Crippen LogP contribution in [0.5, 0.6) is 0 Å². The van der Waals surface area contributed by atoms with Crippen molar-refractivity contribution in [3.05, 3.63) is 126 Å². The Balaban J connectivity index is 1.14. The summed E-state index contributed by atoms with van der Waals surface area (Å²) in [6.45, 7) is 0. The number of fused-ring (bicyclic) bond motifs is 6. The molecule has 0 atom stereocenters. The van der Waals surface area contributed by atoms with Gasteiger partial charge in [-0.3, -0.25) is 0 Å². The third-order valence-corrected chi connectivity index (χ3v) is 12.1. The second-order valence-corrected chi connectivity index (χ2v) is 14.4. The molecule has 0 N–H and O–H groups in total. The lowest BCUT2D eigenvalue weighted by molar-refractivity contribution is -0.0399. The molecule has 4 fully saturated rings. The fourth-order valence-electron chi connectivity index (χ4n) is 10.6. The molecule has 12 rings (SSSR count). The molecule has 47 heavy (non-hydrogen) atoms. The van der Waals surface area contributed by atoms with E-state index in [9.17, 15) is 0 Å². The molecule has 1 spiro atoms. The summed E-state index contributed by atoms with van der Waals surface area (Å²) >= 11 is 0. The minimum atomic E-state index is 0.0970. The summed E-state index contributed by atoms with van der Waals surface area (Å²) in [5, 5.41) is 2.22. The van der Waals surface area contributed by atoms with Crippen molar-refractivity contribution < 1.29 is 4.42 Å². The molecule has 5 aromatic carbocycles. The van der Waals surface area contributed by atoms with Gasteiger partial charge in [-0.25, -0.2) is 15.0 Å². The van der Waals surface area contributed by atoms with E-state index in [0.717, 1.165) is 56.3 Å². The Hall–Kier alpha value is -5.09. The molecule has 4 nitrogen and oxygen atoms in total. The van der Waals surface area contributed by atoms with Crippen molar-refractivity contribution in [2.45, 2.75) is 37.5 Å². The van der Waals surface area contributed by atoms with Gasteiger partial charge in [0.2, 0.25) is 0 Å². The lowest BCUT2D eigenvalue weighted by Crippen LogP contribution is -2.55. The van der Waals surface area contributed by atoms with E-state index in [1.165, 1.54) is 48.8 Å². The van der Waals surface area contributed by atoms with Crippen LogP contribution in [0.15, 0.2) is 120 Å². The van der Waals surface area contributed by atoms with Crippen LogP contribution in [0.1, 0.15) is 43.2 Å². The first-order valence-electron chi connectivity index (χ1n) is 17.2. The van der Waals surface area contributed by atoms with Gasteiger partial charge < -0.3 is 4.42 Å². The molecule has 0 saturated heterocycles. The smallest absolute Gasteiger partial charge is 0.164 e. The number of nitrogens with zero attached hydrogens (tertiary/aromatic N) is 3. The number of benzene rings is 5. The van der Waals surface area contributed by atoms with Crippen LogP contribution in [-0.4, -0.2) is 15.0 Å². The lowest BCUT2D eigenvalue weighted by Gasteiger charge is -2.61. The summed E-state index contributed by atoms with van der Waals surface area (Å²) in [6.07, 6.45) is 6.91. The third kappa shape index (κ3) is 3.56. The zero-order valence-electron chi connectivity index (χ0n) is 26.1. The first-order valence-corrected chi connectivity index (χ1v) is 17.2. The van der Waals surface area contributed by atoms with Gasteiger partial charge in [-0.15, -0.1) is 0 Å². The molecule has 4 bridgehead atoms. The van der Waals surface area contributed by atoms with Gasteiger partial charge in [0.15, 0.2) is 17.5 Å². The monoisotopic (exact) mass is 607 g/mol. The summed E-state index contributed by atoms with van der Waals surface area (Å²) in [4.78, 5) is 15.6. The van der Waals surface area contributed by atoms with Crippen LogP contribution in [0, 0.1) is 23.7 Å². The van der Waals surface area contributed by atoms with Crippen molar-refractivity contribution in [2.75, 3.05) is 0 Å². The van der Waals surface area contributed by atoms with E-state index < -0.39 is 0 Å². The Kier molecular flexibility index (Phi) is 5.25. The van der Waals surface area contributed by atoms with Crippen molar-refractivity contribution in [1.29, 1.82) is 0 Å². The molecule has 0 aliphatic heterocycles. The number of furan rings is 1. The van der Waals surface area contributed by atoms with Crippen molar-refractivity contribution >= 4 is 21.9 Å². The zero-order chi connectivity index (χ0) is 30.7. The maximum absolute atomic E-state index is 6.28. The van der Waals surface area contributed by atoms with Crippen LogP contribution in [-0.2, 0) is 5.41 Å². The SMILES string of the molecule is c1ccc(-c2nc(-c3ccc4c(c3)oc3ccccc34)nc(-c3cccc4c3-c3ccccc3C43C4CC5CC(C4)CC3C5)n2)cc1. The topological polar surface area (TPSA) is 51.8 Å². The van der Waals surface area contributed by atoms with Gasteiger partial charge in [0, 0.05) is 32.9 Å². The molecule has 5 aliphatic carbocycles. The second kappa shape index (κ2) is 9.48. The van der Waals surface area contributed by atoms with Crippen LogP contribution in [0.25, 0.3) is 67.2 Å². The lowest BCUT2D eigenvalue weighted by atomic mass is 9.43. The van der Waals surface area contributed by atoms with Gasteiger partial charge in [0.05, 0.1) is 0 Å². The molecule has 226 valence electrons. The second-order valence-electron chi connectivity index (χ2n) is 14.4. The number of hydrogen-bond donors (Lipinski definition) is 0. The summed E-state index contributed by atoms with van der Waals surface area (Å²) in [6, 6.07) is 41.0. The highest BCUT2D eigenvalue weighted by Gasteiger charge is 2.61. The van der Waals surface area contributed by atoms with Crippen molar-refractivity contribution in [2.24, 2.45) is 23.7 Å². The molecule has 7 aromatic rings. The molecular formula is C43H33N3O. The number of aromatic nitrogens is 3. The Morgan fingerprint density at radius 1 is 0.489 bits per heavy atom. The molecule has 0 amide bonds. The highest BCUT2D eigenvalue weighted by atomic mass is 16.3. The number of para-hydroxylation sites is 1. The van der Waals surface area contributed by atoms with Gasteiger partial charge in [-0.05, 0) is 96.2 Å². The average molecular weight is 608 g/mol. The Bertz CT molecular complexity index is 2360. The first-order chi connectivity index (χ1) is 23.2. The van der Waals surface area contributed by atoms with Crippen molar-refractivity contribution in [1.82, 2.24) is 15.0 Å². The minimum absolute atomic E-state index is 0.0970. The van der Waals surface area contributed by atoms with E-state index in [4.69, 9.17) is 19.4 Å².